The number of benzene rings is 1. The molecule has 2 aromatic rings. The van der Waals surface area contributed by atoms with E-state index >= 15 is 0 Å². The SMILES string of the molecule is Cc1c(F)c2c(F)c(F)c(O)cc2oc1=O. The van der Waals surface area contributed by atoms with Gasteiger partial charge >= 0.3 is 5.63 Å². The van der Waals surface area contributed by atoms with E-state index < -0.39 is 45.4 Å². The van der Waals surface area contributed by atoms with Gasteiger partial charge in [0, 0.05) is 6.07 Å². The predicted molar refractivity (Wildman–Crippen MR) is 48.8 cm³/mol. The fourth-order valence-corrected chi connectivity index (χ4v) is 1.33. The molecule has 0 bridgehead atoms. The number of phenolic OH excluding ortho intramolecular Hbond substituents is 1. The van der Waals surface area contributed by atoms with Gasteiger partial charge in [-0.3, -0.25) is 0 Å². The molecule has 1 heterocycles. The molecule has 1 aromatic carbocycles. The molecular formula is C10H5F3O3. The quantitative estimate of drug-likeness (QED) is 0.706. The molecule has 0 spiro atoms. The first-order valence-corrected chi connectivity index (χ1v) is 4.23. The van der Waals surface area contributed by atoms with Crippen molar-refractivity contribution >= 4 is 11.0 Å². The van der Waals surface area contributed by atoms with Crippen molar-refractivity contribution in [1.82, 2.24) is 0 Å². The fraction of sp³-hybridized carbons (Fsp3) is 0.100. The van der Waals surface area contributed by atoms with Crippen LogP contribution in [0.4, 0.5) is 13.2 Å². The van der Waals surface area contributed by atoms with Gasteiger partial charge in [0.25, 0.3) is 0 Å². The first kappa shape index (κ1) is 10.5. The summed E-state index contributed by atoms with van der Waals surface area (Å²) in [4.78, 5) is 11.1. The second kappa shape index (κ2) is 3.26. The summed E-state index contributed by atoms with van der Waals surface area (Å²) < 4.78 is 44.3. The summed E-state index contributed by atoms with van der Waals surface area (Å²) in [7, 11) is 0. The zero-order valence-corrected chi connectivity index (χ0v) is 7.97. The third-order valence-corrected chi connectivity index (χ3v) is 2.21. The third kappa shape index (κ3) is 1.26. The number of rotatable bonds is 0. The molecule has 0 aliphatic heterocycles. The average molecular weight is 230 g/mol. The Morgan fingerprint density at radius 2 is 1.81 bits per heavy atom. The molecule has 16 heavy (non-hydrogen) atoms. The van der Waals surface area contributed by atoms with E-state index in [4.69, 9.17) is 5.11 Å². The summed E-state index contributed by atoms with van der Waals surface area (Å²) in [6, 6.07) is 0.650. The Bertz CT molecular complexity index is 646. The van der Waals surface area contributed by atoms with Crippen molar-refractivity contribution in [3.63, 3.8) is 0 Å². The van der Waals surface area contributed by atoms with Crippen molar-refractivity contribution in [1.29, 1.82) is 0 Å². The van der Waals surface area contributed by atoms with Crippen LogP contribution in [0.3, 0.4) is 0 Å². The zero-order valence-electron chi connectivity index (χ0n) is 7.97. The lowest BCUT2D eigenvalue weighted by Crippen LogP contribution is -2.07. The number of aromatic hydroxyl groups is 1. The van der Waals surface area contributed by atoms with Gasteiger partial charge in [0.15, 0.2) is 11.6 Å². The molecular weight excluding hydrogens is 225 g/mol. The highest BCUT2D eigenvalue weighted by molar-refractivity contribution is 5.80. The molecule has 0 saturated carbocycles. The molecule has 0 amide bonds. The van der Waals surface area contributed by atoms with E-state index in [-0.39, 0.29) is 0 Å². The Hall–Kier alpha value is -1.98. The van der Waals surface area contributed by atoms with Gasteiger partial charge < -0.3 is 9.52 Å². The van der Waals surface area contributed by atoms with E-state index in [0.29, 0.717) is 6.07 Å². The summed E-state index contributed by atoms with van der Waals surface area (Å²) >= 11 is 0. The molecule has 0 radical (unpaired) electrons. The van der Waals surface area contributed by atoms with Gasteiger partial charge in [-0.05, 0) is 6.92 Å². The second-order valence-electron chi connectivity index (χ2n) is 3.23. The van der Waals surface area contributed by atoms with Crippen LogP contribution in [-0.4, -0.2) is 5.11 Å². The van der Waals surface area contributed by atoms with Crippen LogP contribution in [0.2, 0.25) is 0 Å². The Balaban J connectivity index is 3.09. The van der Waals surface area contributed by atoms with Crippen molar-refractivity contribution in [3.05, 3.63) is 39.5 Å². The molecule has 0 atom stereocenters. The minimum absolute atomic E-state index is 0.448. The van der Waals surface area contributed by atoms with Crippen LogP contribution >= 0.6 is 0 Å². The van der Waals surface area contributed by atoms with Gasteiger partial charge in [-0.25, -0.2) is 13.6 Å². The molecule has 0 fully saturated rings. The molecule has 6 heteroatoms. The van der Waals surface area contributed by atoms with Crippen molar-refractivity contribution in [2.45, 2.75) is 6.92 Å². The van der Waals surface area contributed by atoms with E-state index in [9.17, 15) is 18.0 Å². The molecule has 1 aromatic heterocycles. The number of hydrogen-bond donors (Lipinski definition) is 1. The monoisotopic (exact) mass is 230 g/mol. The fourth-order valence-electron chi connectivity index (χ4n) is 1.33. The lowest BCUT2D eigenvalue weighted by atomic mass is 10.1. The molecule has 1 N–H and O–H groups in total. The molecule has 0 unspecified atom stereocenters. The normalized spacial score (nSPS) is 11.0. The Labute approximate surface area is 86.7 Å². The van der Waals surface area contributed by atoms with Gasteiger partial charge in [0.2, 0.25) is 5.82 Å². The number of fused-ring (bicyclic) bond motifs is 1. The minimum Gasteiger partial charge on any atom is -0.505 e. The first-order chi connectivity index (χ1) is 7.43. The number of hydrogen-bond acceptors (Lipinski definition) is 3. The number of phenols is 1. The average Bonchev–Trinajstić information content (AvgIpc) is 2.23. The van der Waals surface area contributed by atoms with Gasteiger partial charge in [-0.15, -0.1) is 0 Å². The van der Waals surface area contributed by atoms with E-state index in [1.165, 1.54) is 0 Å². The van der Waals surface area contributed by atoms with Crippen molar-refractivity contribution in [2.24, 2.45) is 0 Å². The summed E-state index contributed by atoms with van der Waals surface area (Å²) in [5.41, 5.74) is -1.99. The maximum atomic E-state index is 13.5. The lowest BCUT2D eigenvalue weighted by molar-refractivity contribution is 0.405. The summed E-state index contributed by atoms with van der Waals surface area (Å²) in [6.07, 6.45) is 0. The Morgan fingerprint density at radius 3 is 2.44 bits per heavy atom. The summed E-state index contributed by atoms with van der Waals surface area (Å²) in [5.74, 6) is -5.40. The Kier molecular flexibility index (Phi) is 2.15. The molecule has 0 aliphatic carbocycles. The maximum Gasteiger partial charge on any atom is 0.342 e. The first-order valence-electron chi connectivity index (χ1n) is 4.23. The van der Waals surface area contributed by atoms with Gasteiger partial charge in [-0.1, -0.05) is 0 Å². The van der Waals surface area contributed by atoms with Crippen LogP contribution in [0, 0.1) is 24.4 Å². The summed E-state index contributed by atoms with van der Waals surface area (Å²) in [6.45, 7) is 1.09. The van der Waals surface area contributed by atoms with Crippen LogP contribution < -0.4 is 5.63 Å². The topological polar surface area (TPSA) is 50.4 Å². The molecule has 0 saturated heterocycles. The van der Waals surface area contributed by atoms with Crippen LogP contribution in [0.15, 0.2) is 15.3 Å². The highest BCUT2D eigenvalue weighted by Gasteiger charge is 2.20. The van der Waals surface area contributed by atoms with Crippen LogP contribution in [0.5, 0.6) is 5.75 Å². The number of halogens is 3. The Morgan fingerprint density at radius 1 is 1.19 bits per heavy atom. The van der Waals surface area contributed by atoms with Crippen molar-refractivity contribution < 1.29 is 22.7 Å². The van der Waals surface area contributed by atoms with Crippen molar-refractivity contribution in [2.75, 3.05) is 0 Å². The van der Waals surface area contributed by atoms with E-state index in [2.05, 4.69) is 4.42 Å². The van der Waals surface area contributed by atoms with Gasteiger partial charge in [0.05, 0.1) is 10.9 Å². The highest BCUT2D eigenvalue weighted by atomic mass is 19.2. The van der Waals surface area contributed by atoms with Crippen molar-refractivity contribution in [3.8, 4) is 5.75 Å². The largest absolute Gasteiger partial charge is 0.505 e. The predicted octanol–water partition coefficient (Wildman–Crippen LogP) is 2.22. The highest BCUT2D eigenvalue weighted by Crippen LogP contribution is 2.29. The zero-order chi connectivity index (χ0) is 12.0. The van der Waals surface area contributed by atoms with E-state index in [0.717, 1.165) is 6.92 Å². The second-order valence-corrected chi connectivity index (χ2v) is 3.23. The molecule has 84 valence electrons. The van der Waals surface area contributed by atoms with Crippen LogP contribution in [0.1, 0.15) is 5.56 Å². The smallest absolute Gasteiger partial charge is 0.342 e. The summed E-state index contributed by atoms with van der Waals surface area (Å²) in [5, 5.41) is 8.16. The van der Waals surface area contributed by atoms with Gasteiger partial charge in [-0.2, -0.15) is 4.39 Å². The van der Waals surface area contributed by atoms with Gasteiger partial charge in [0.1, 0.15) is 11.4 Å². The molecule has 0 aliphatic rings. The standard InChI is InChI=1S/C10H5F3O3/c1-3-7(11)6-5(16-10(3)15)2-4(14)8(12)9(6)13/h2,14H,1H3. The lowest BCUT2D eigenvalue weighted by Gasteiger charge is -2.04. The molecule has 2 rings (SSSR count). The van der Waals surface area contributed by atoms with E-state index in [1.54, 1.807) is 0 Å². The third-order valence-electron chi connectivity index (χ3n) is 2.21. The van der Waals surface area contributed by atoms with E-state index in [1.807, 2.05) is 0 Å². The maximum absolute atomic E-state index is 13.5. The molecule has 3 nitrogen and oxygen atoms in total. The minimum atomic E-state index is -1.58. The van der Waals surface area contributed by atoms with Crippen LogP contribution in [-0.2, 0) is 0 Å². The van der Waals surface area contributed by atoms with Crippen LogP contribution in [0.25, 0.3) is 11.0 Å².